The van der Waals surface area contributed by atoms with Crippen LogP contribution in [-0.4, -0.2) is 53.5 Å². The summed E-state index contributed by atoms with van der Waals surface area (Å²) in [6.45, 7) is 3.88. The molecule has 1 aromatic heterocycles. The first-order valence-corrected chi connectivity index (χ1v) is 10.1. The topological polar surface area (TPSA) is 88.9 Å². The maximum Gasteiger partial charge on any atom is 0.425 e. The molecule has 0 spiro atoms. The van der Waals surface area contributed by atoms with Crippen LogP contribution in [0.25, 0.3) is 0 Å². The standard InChI is InChI=1S/C21H23F3N2O5/c1-19(2)9-13-16(14(27)10-19)20(21(22,23)24,25-17(28)15-6-4-8-31-15)18(29)26(13)11-12-5-3-7-30-12/h4,6,8,12H,3,5,7,9-11H2,1-2H3,(H,25,28)/t12-,20-/m0/s1. The van der Waals surface area contributed by atoms with E-state index < -0.39 is 46.4 Å². The van der Waals surface area contributed by atoms with Crippen molar-refractivity contribution in [3.05, 3.63) is 35.4 Å². The van der Waals surface area contributed by atoms with Crippen molar-refractivity contribution < 1.29 is 36.7 Å². The minimum Gasteiger partial charge on any atom is -0.459 e. The van der Waals surface area contributed by atoms with Crippen LogP contribution in [-0.2, 0) is 14.3 Å². The first-order valence-electron chi connectivity index (χ1n) is 10.1. The van der Waals surface area contributed by atoms with Gasteiger partial charge in [0.2, 0.25) is 5.54 Å². The van der Waals surface area contributed by atoms with Gasteiger partial charge in [-0.05, 0) is 36.8 Å². The Kier molecular flexibility index (Phi) is 5.03. The molecule has 31 heavy (non-hydrogen) atoms. The number of nitrogens with one attached hydrogen (secondary N) is 1. The van der Waals surface area contributed by atoms with Crippen molar-refractivity contribution in [2.45, 2.75) is 57.3 Å². The van der Waals surface area contributed by atoms with Crippen LogP contribution < -0.4 is 5.32 Å². The molecule has 0 unspecified atom stereocenters. The average Bonchev–Trinajstić information content (AvgIpc) is 3.38. The smallest absolute Gasteiger partial charge is 0.425 e. The van der Waals surface area contributed by atoms with Crippen molar-refractivity contribution >= 4 is 17.6 Å². The Labute approximate surface area is 176 Å². The van der Waals surface area contributed by atoms with Gasteiger partial charge >= 0.3 is 6.18 Å². The quantitative estimate of drug-likeness (QED) is 0.778. The second-order valence-corrected chi connectivity index (χ2v) is 8.99. The van der Waals surface area contributed by atoms with Gasteiger partial charge in [0.15, 0.2) is 11.5 Å². The lowest BCUT2D eigenvalue weighted by atomic mass is 9.72. The molecule has 2 atom stereocenters. The number of halogens is 3. The highest BCUT2D eigenvalue weighted by Crippen LogP contribution is 2.52. The normalized spacial score (nSPS) is 28.3. The molecule has 3 aliphatic rings. The Bertz CT molecular complexity index is 945. The van der Waals surface area contributed by atoms with E-state index in [-0.39, 0.29) is 30.8 Å². The SMILES string of the molecule is CC1(C)CC(=O)C2=C(C1)N(C[C@@H]1CCCO1)C(=O)[C@]2(NC(=O)c1ccco1)C(F)(F)F. The molecule has 1 N–H and O–H groups in total. The van der Waals surface area contributed by atoms with Crippen LogP contribution in [0.5, 0.6) is 0 Å². The monoisotopic (exact) mass is 440 g/mol. The van der Waals surface area contributed by atoms with Gasteiger partial charge in [-0.3, -0.25) is 14.4 Å². The van der Waals surface area contributed by atoms with Crippen LogP contribution >= 0.6 is 0 Å². The molecule has 1 saturated heterocycles. The number of allylic oxidation sites excluding steroid dienone is 1. The molecule has 0 radical (unpaired) electrons. The van der Waals surface area contributed by atoms with Crippen molar-refractivity contribution in [1.29, 1.82) is 0 Å². The molecule has 0 bridgehead atoms. The fourth-order valence-electron chi connectivity index (χ4n) is 4.65. The molecule has 1 fully saturated rings. The zero-order valence-corrected chi connectivity index (χ0v) is 17.2. The maximum atomic E-state index is 14.6. The molecule has 4 rings (SSSR count). The van der Waals surface area contributed by atoms with Crippen molar-refractivity contribution in [2.24, 2.45) is 5.41 Å². The number of rotatable bonds is 4. The second kappa shape index (κ2) is 7.22. The number of nitrogens with zero attached hydrogens (tertiary/aromatic N) is 1. The molecule has 1 aromatic rings. The van der Waals surface area contributed by atoms with Crippen molar-refractivity contribution in [2.75, 3.05) is 13.2 Å². The van der Waals surface area contributed by atoms with Crippen molar-refractivity contribution in [1.82, 2.24) is 10.2 Å². The molecule has 0 aromatic carbocycles. The van der Waals surface area contributed by atoms with E-state index in [2.05, 4.69) is 0 Å². The Morgan fingerprint density at radius 3 is 2.61 bits per heavy atom. The highest BCUT2D eigenvalue weighted by Gasteiger charge is 2.71. The van der Waals surface area contributed by atoms with Crippen molar-refractivity contribution in [3.63, 3.8) is 0 Å². The van der Waals surface area contributed by atoms with Crippen LogP contribution in [0.1, 0.15) is 50.1 Å². The van der Waals surface area contributed by atoms with Crippen LogP contribution in [0.2, 0.25) is 0 Å². The molecule has 10 heteroatoms. The number of Topliss-reactive ketones (excluding diaryl/α,β-unsaturated/α-hetero) is 1. The zero-order chi connectivity index (χ0) is 22.6. The van der Waals surface area contributed by atoms with Crippen LogP contribution in [0, 0.1) is 5.41 Å². The minimum atomic E-state index is -5.24. The van der Waals surface area contributed by atoms with E-state index in [9.17, 15) is 27.6 Å². The number of ketones is 1. The summed E-state index contributed by atoms with van der Waals surface area (Å²) in [6.07, 6.45) is -3.27. The summed E-state index contributed by atoms with van der Waals surface area (Å²) in [5, 5.41) is 1.83. The second-order valence-electron chi connectivity index (χ2n) is 8.99. The van der Waals surface area contributed by atoms with Crippen LogP contribution in [0.15, 0.2) is 34.1 Å². The summed E-state index contributed by atoms with van der Waals surface area (Å²) in [4.78, 5) is 40.0. The van der Waals surface area contributed by atoms with Crippen molar-refractivity contribution in [3.8, 4) is 0 Å². The van der Waals surface area contributed by atoms with E-state index in [0.717, 1.165) is 17.6 Å². The zero-order valence-electron chi connectivity index (χ0n) is 17.2. The highest BCUT2D eigenvalue weighted by molar-refractivity contribution is 6.14. The third-order valence-corrected chi connectivity index (χ3v) is 6.00. The van der Waals surface area contributed by atoms with E-state index in [1.54, 1.807) is 13.8 Å². The first-order chi connectivity index (χ1) is 14.5. The largest absolute Gasteiger partial charge is 0.459 e. The lowest BCUT2D eigenvalue weighted by molar-refractivity contribution is -0.191. The van der Waals surface area contributed by atoms with Gasteiger partial charge in [0, 0.05) is 18.7 Å². The highest BCUT2D eigenvalue weighted by atomic mass is 19.4. The fraction of sp³-hybridized carbons (Fsp3) is 0.571. The molecule has 168 valence electrons. The molecule has 7 nitrogen and oxygen atoms in total. The van der Waals surface area contributed by atoms with Crippen LogP contribution in [0.4, 0.5) is 13.2 Å². The van der Waals surface area contributed by atoms with Gasteiger partial charge in [-0.1, -0.05) is 13.8 Å². The summed E-state index contributed by atoms with van der Waals surface area (Å²) in [5.41, 5.74) is -4.77. The number of ether oxygens (including phenoxy) is 1. The number of furan rings is 1. The van der Waals surface area contributed by atoms with Gasteiger partial charge in [0.1, 0.15) is 0 Å². The predicted molar refractivity (Wildman–Crippen MR) is 101 cm³/mol. The van der Waals surface area contributed by atoms with E-state index in [0.29, 0.717) is 13.0 Å². The number of hydrogen-bond donors (Lipinski definition) is 1. The molecule has 0 saturated carbocycles. The van der Waals surface area contributed by atoms with E-state index >= 15 is 0 Å². The molecule has 2 aliphatic heterocycles. The summed E-state index contributed by atoms with van der Waals surface area (Å²) in [6, 6.07) is 2.53. The Hall–Kier alpha value is -2.62. The predicted octanol–water partition coefficient (Wildman–Crippen LogP) is 2.97. The number of carbonyl (C=O) groups is 3. The lowest BCUT2D eigenvalue weighted by Gasteiger charge is -2.35. The Morgan fingerprint density at radius 2 is 2.03 bits per heavy atom. The number of amides is 2. The summed E-state index contributed by atoms with van der Waals surface area (Å²) in [7, 11) is 0. The molecule has 1 aliphatic carbocycles. The summed E-state index contributed by atoms with van der Waals surface area (Å²) in [5.74, 6) is -3.79. The number of hydrogen-bond acceptors (Lipinski definition) is 5. The van der Waals surface area contributed by atoms with Gasteiger partial charge in [-0.2, -0.15) is 13.2 Å². The number of carbonyl (C=O) groups excluding carboxylic acids is 3. The van der Waals surface area contributed by atoms with Gasteiger partial charge < -0.3 is 19.4 Å². The minimum absolute atomic E-state index is 0.0128. The Balaban J connectivity index is 1.84. The maximum absolute atomic E-state index is 14.6. The Morgan fingerprint density at radius 1 is 1.29 bits per heavy atom. The van der Waals surface area contributed by atoms with E-state index in [1.807, 2.05) is 5.32 Å². The third kappa shape index (κ3) is 3.46. The van der Waals surface area contributed by atoms with Gasteiger partial charge in [-0.15, -0.1) is 0 Å². The van der Waals surface area contributed by atoms with Gasteiger partial charge in [0.25, 0.3) is 11.8 Å². The molecular weight excluding hydrogens is 417 g/mol. The fourth-order valence-corrected chi connectivity index (χ4v) is 4.65. The summed E-state index contributed by atoms with van der Waals surface area (Å²) >= 11 is 0. The molecular formula is C21H23F3N2O5. The molecule has 2 amide bonds. The van der Waals surface area contributed by atoms with Gasteiger partial charge in [-0.25, -0.2) is 0 Å². The number of alkyl halides is 3. The van der Waals surface area contributed by atoms with E-state index in [4.69, 9.17) is 9.15 Å². The lowest BCUT2D eigenvalue weighted by Crippen LogP contribution is -2.66. The molecule has 3 heterocycles. The van der Waals surface area contributed by atoms with Gasteiger partial charge in [0.05, 0.1) is 24.5 Å². The first kappa shape index (κ1) is 21.6. The van der Waals surface area contributed by atoms with E-state index in [1.165, 1.54) is 12.1 Å². The summed E-state index contributed by atoms with van der Waals surface area (Å²) < 4.78 is 54.2. The van der Waals surface area contributed by atoms with Crippen LogP contribution in [0.3, 0.4) is 0 Å². The average molecular weight is 440 g/mol. The third-order valence-electron chi connectivity index (χ3n) is 6.00.